The molecular weight excluding hydrogens is 287 g/mol. The van der Waals surface area contributed by atoms with Crippen molar-refractivity contribution in [3.05, 3.63) is 23.8 Å². The molecule has 0 saturated carbocycles. The zero-order chi connectivity index (χ0) is 13.9. The quantitative estimate of drug-likeness (QED) is 0.628. The first-order chi connectivity index (χ1) is 8.20. The number of rotatable bonds is 4. The van der Waals surface area contributed by atoms with Gasteiger partial charge in [-0.05, 0) is 23.7 Å². The number of benzene rings is 1. The molecule has 18 heavy (non-hydrogen) atoms. The van der Waals surface area contributed by atoms with Crippen molar-refractivity contribution in [3.63, 3.8) is 0 Å². The molecule has 0 radical (unpaired) electrons. The Morgan fingerprint density at radius 1 is 1.22 bits per heavy atom. The van der Waals surface area contributed by atoms with Crippen LogP contribution in [-0.2, 0) is 0 Å². The highest BCUT2D eigenvalue weighted by molar-refractivity contribution is 6.68. The van der Waals surface area contributed by atoms with Crippen LogP contribution in [-0.4, -0.2) is 18.2 Å². The summed E-state index contributed by atoms with van der Waals surface area (Å²) in [6, 6.07) is 2.56. The SMILES string of the molecule is O=C(Cl)c1c(OC(F)F)cccc1OC(F)(F)F. The van der Waals surface area contributed by atoms with Crippen LogP contribution in [0.4, 0.5) is 22.0 Å². The van der Waals surface area contributed by atoms with E-state index in [9.17, 15) is 26.7 Å². The van der Waals surface area contributed by atoms with Crippen molar-refractivity contribution >= 4 is 16.8 Å². The van der Waals surface area contributed by atoms with Crippen LogP contribution in [0.1, 0.15) is 10.4 Å². The van der Waals surface area contributed by atoms with Gasteiger partial charge in [-0.2, -0.15) is 8.78 Å². The molecule has 0 aliphatic rings. The summed E-state index contributed by atoms with van der Waals surface area (Å²) in [5, 5.41) is -1.41. The zero-order valence-electron chi connectivity index (χ0n) is 8.30. The van der Waals surface area contributed by atoms with Gasteiger partial charge in [0.25, 0.3) is 5.24 Å². The standard InChI is InChI=1S/C9H4ClF5O3/c10-7(16)6-4(17-8(11)12)2-1-3-5(6)18-9(13,14)15/h1-3,8H. The van der Waals surface area contributed by atoms with Gasteiger partial charge in [-0.15, -0.1) is 13.2 Å². The first kappa shape index (κ1) is 14.5. The van der Waals surface area contributed by atoms with Crippen LogP contribution in [0.2, 0.25) is 0 Å². The smallest absolute Gasteiger partial charge is 0.434 e. The fraction of sp³-hybridized carbons (Fsp3) is 0.222. The highest BCUT2D eigenvalue weighted by Crippen LogP contribution is 2.34. The lowest BCUT2D eigenvalue weighted by atomic mass is 10.2. The van der Waals surface area contributed by atoms with Gasteiger partial charge >= 0.3 is 13.0 Å². The van der Waals surface area contributed by atoms with Crippen LogP contribution in [0.25, 0.3) is 0 Å². The van der Waals surface area contributed by atoms with Crippen LogP contribution in [0, 0.1) is 0 Å². The van der Waals surface area contributed by atoms with E-state index in [1.54, 1.807) is 0 Å². The van der Waals surface area contributed by atoms with Gasteiger partial charge in [0.2, 0.25) is 0 Å². The average molecular weight is 291 g/mol. The lowest BCUT2D eigenvalue weighted by Crippen LogP contribution is -2.19. The van der Waals surface area contributed by atoms with Crippen LogP contribution in [0.5, 0.6) is 11.5 Å². The van der Waals surface area contributed by atoms with Crippen molar-refractivity contribution in [2.45, 2.75) is 13.0 Å². The second-order valence-electron chi connectivity index (χ2n) is 2.83. The van der Waals surface area contributed by atoms with E-state index >= 15 is 0 Å². The maximum Gasteiger partial charge on any atom is 0.573 e. The number of halogens is 6. The third kappa shape index (κ3) is 4.02. The molecule has 0 aliphatic heterocycles. The molecular formula is C9H4ClF5O3. The van der Waals surface area contributed by atoms with Gasteiger partial charge in [-0.1, -0.05) is 6.07 Å². The fourth-order valence-corrected chi connectivity index (χ4v) is 1.29. The topological polar surface area (TPSA) is 35.5 Å². The van der Waals surface area contributed by atoms with Gasteiger partial charge in [0.15, 0.2) is 0 Å². The van der Waals surface area contributed by atoms with Crippen molar-refractivity contribution in [1.82, 2.24) is 0 Å². The lowest BCUT2D eigenvalue weighted by Gasteiger charge is -2.14. The minimum atomic E-state index is -5.09. The highest BCUT2D eigenvalue weighted by atomic mass is 35.5. The molecule has 0 aromatic heterocycles. The number of ether oxygens (including phenoxy) is 2. The number of hydrogen-bond acceptors (Lipinski definition) is 3. The maximum atomic E-state index is 12.0. The molecule has 0 heterocycles. The monoisotopic (exact) mass is 290 g/mol. The van der Waals surface area contributed by atoms with Crippen LogP contribution >= 0.6 is 11.6 Å². The first-order valence-electron chi connectivity index (χ1n) is 4.24. The molecule has 0 amide bonds. The predicted molar refractivity (Wildman–Crippen MR) is 49.9 cm³/mol. The lowest BCUT2D eigenvalue weighted by molar-refractivity contribution is -0.274. The van der Waals surface area contributed by atoms with Crippen molar-refractivity contribution in [2.24, 2.45) is 0 Å². The molecule has 0 N–H and O–H groups in total. The Hall–Kier alpha value is -1.57. The summed E-state index contributed by atoms with van der Waals surface area (Å²) >= 11 is 5.01. The molecule has 1 aromatic carbocycles. The van der Waals surface area contributed by atoms with E-state index in [-0.39, 0.29) is 0 Å². The van der Waals surface area contributed by atoms with Crippen LogP contribution in [0.3, 0.4) is 0 Å². The number of hydrogen-bond donors (Lipinski definition) is 0. The summed E-state index contributed by atoms with van der Waals surface area (Å²) in [4.78, 5) is 10.9. The Morgan fingerprint density at radius 3 is 2.22 bits per heavy atom. The summed E-state index contributed by atoms with van der Waals surface area (Å²) in [5.74, 6) is -1.81. The van der Waals surface area contributed by atoms with Crippen molar-refractivity contribution in [1.29, 1.82) is 0 Å². The molecule has 0 bridgehead atoms. The number of carbonyl (C=O) groups excluding carboxylic acids is 1. The largest absolute Gasteiger partial charge is 0.573 e. The summed E-state index contributed by atoms with van der Waals surface area (Å²) in [5.41, 5.74) is -0.920. The fourth-order valence-electron chi connectivity index (χ4n) is 1.11. The molecule has 0 atom stereocenters. The van der Waals surface area contributed by atoms with E-state index in [4.69, 9.17) is 11.6 Å². The van der Waals surface area contributed by atoms with Gasteiger partial charge in [-0.25, -0.2) is 0 Å². The van der Waals surface area contributed by atoms with Gasteiger partial charge in [-0.3, -0.25) is 4.79 Å². The maximum absolute atomic E-state index is 12.0. The Bertz CT molecular complexity index is 446. The van der Waals surface area contributed by atoms with E-state index in [0.717, 1.165) is 18.2 Å². The Kier molecular flexibility index (Phi) is 4.33. The van der Waals surface area contributed by atoms with Gasteiger partial charge < -0.3 is 9.47 Å². The third-order valence-corrected chi connectivity index (χ3v) is 1.82. The first-order valence-corrected chi connectivity index (χ1v) is 4.62. The Labute approximate surface area is 102 Å². The Balaban J connectivity index is 3.22. The minimum absolute atomic E-state index is 0.751. The molecule has 100 valence electrons. The molecule has 1 aromatic rings. The molecule has 9 heteroatoms. The molecule has 1 rings (SSSR count). The zero-order valence-corrected chi connectivity index (χ0v) is 9.06. The van der Waals surface area contributed by atoms with Gasteiger partial charge in [0, 0.05) is 0 Å². The second-order valence-corrected chi connectivity index (χ2v) is 3.17. The van der Waals surface area contributed by atoms with E-state index in [2.05, 4.69) is 9.47 Å². The molecule has 0 saturated heterocycles. The third-order valence-electron chi connectivity index (χ3n) is 1.63. The average Bonchev–Trinajstić information content (AvgIpc) is 2.13. The van der Waals surface area contributed by atoms with Crippen molar-refractivity contribution < 1.29 is 36.2 Å². The van der Waals surface area contributed by atoms with E-state index in [1.165, 1.54) is 0 Å². The molecule has 0 spiro atoms. The van der Waals surface area contributed by atoms with Crippen LogP contribution < -0.4 is 9.47 Å². The van der Waals surface area contributed by atoms with E-state index in [0.29, 0.717) is 0 Å². The van der Waals surface area contributed by atoms with Gasteiger partial charge in [0.1, 0.15) is 17.1 Å². The molecule has 0 aliphatic carbocycles. The number of carbonyl (C=O) groups is 1. The van der Waals surface area contributed by atoms with E-state index < -0.39 is 35.3 Å². The minimum Gasteiger partial charge on any atom is -0.434 e. The summed E-state index contributed by atoms with van der Waals surface area (Å²) < 4.78 is 67.4. The summed E-state index contributed by atoms with van der Waals surface area (Å²) in [6.45, 7) is -3.32. The highest BCUT2D eigenvalue weighted by Gasteiger charge is 2.34. The molecule has 0 fully saturated rings. The summed E-state index contributed by atoms with van der Waals surface area (Å²) in [6.07, 6.45) is -5.09. The number of alkyl halides is 5. The molecule has 0 unspecified atom stereocenters. The van der Waals surface area contributed by atoms with Crippen LogP contribution in [0.15, 0.2) is 18.2 Å². The normalized spacial score (nSPS) is 11.5. The van der Waals surface area contributed by atoms with E-state index in [1.807, 2.05) is 0 Å². The predicted octanol–water partition coefficient (Wildman–Crippen LogP) is 3.57. The van der Waals surface area contributed by atoms with Crippen molar-refractivity contribution in [3.8, 4) is 11.5 Å². The van der Waals surface area contributed by atoms with Gasteiger partial charge in [0.05, 0.1) is 0 Å². The molecule has 3 nitrogen and oxygen atoms in total. The Morgan fingerprint density at radius 2 is 1.78 bits per heavy atom. The second kappa shape index (κ2) is 5.38. The van der Waals surface area contributed by atoms with Crippen molar-refractivity contribution in [2.75, 3.05) is 0 Å². The summed E-state index contributed by atoms with van der Waals surface area (Å²) in [7, 11) is 0.